The number of hydrogen-bond donors (Lipinski definition) is 3. The van der Waals surface area contributed by atoms with Crippen LogP contribution in [0.1, 0.15) is 193 Å². The van der Waals surface area contributed by atoms with Crippen molar-refractivity contribution in [1.29, 1.82) is 0 Å². The minimum absolute atomic E-state index is 0.366. The molecular weight excluding hydrogens is 454 g/mol. The number of nitrogens with one attached hydrogen (secondary N) is 1. The van der Waals surface area contributed by atoms with E-state index in [0.29, 0.717) is 13.2 Å². The van der Waals surface area contributed by atoms with E-state index in [1.807, 2.05) is 0 Å². The Morgan fingerprint density at radius 1 is 0.216 bits per heavy atom. The monoisotopic (exact) mass is 526 g/mol. The summed E-state index contributed by atoms with van der Waals surface area (Å²) in [4.78, 5) is 0. The third kappa shape index (κ3) is 35.9. The van der Waals surface area contributed by atoms with Gasteiger partial charge in [0.05, 0.1) is 0 Å². The van der Waals surface area contributed by atoms with Crippen LogP contribution in [-0.4, -0.2) is 36.5 Å². The first-order valence-electron chi connectivity index (χ1n) is 17.3. The Morgan fingerprint density at radius 2 is 0.378 bits per heavy atom. The van der Waals surface area contributed by atoms with Crippen LogP contribution in [0.25, 0.3) is 0 Å². The average Bonchev–Trinajstić information content (AvgIpc) is 2.91. The first-order chi connectivity index (χ1) is 18.4. The van der Waals surface area contributed by atoms with E-state index in [9.17, 15) is 0 Å². The second-order valence-electron chi connectivity index (χ2n) is 11.8. The fourth-order valence-electron chi connectivity index (χ4n) is 5.44. The average molecular weight is 526 g/mol. The van der Waals surface area contributed by atoms with E-state index in [-0.39, 0.29) is 0 Å². The maximum Gasteiger partial charge on any atom is 0.0431 e. The molecule has 0 unspecified atom stereocenters. The zero-order valence-electron chi connectivity index (χ0n) is 25.4. The predicted molar refractivity (Wildman–Crippen MR) is 166 cm³/mol. The van der Waals surface area contributed by atoms with Gasteiger partial charge >= 0.3 is 0 Å². The van der Waals surface area contributed by atoms with Gasteiger partial charge in [0.1, 0.15) is 0 Å². The van der Waals surface area contributed by atoms with Crippen molar-refractivity contribution in [3.8, 4) is 0 Å². The quantitative estimate of drug-likeness (QED) is 0.0732. The summed E-state index contributed by atoms with van der Waals surface area (Å²) in [5.41, 5.74) is 0. The van der Waals surface area contributed by atoms with Crippen LogP contribution in [0.3, 0.4) is 0 Å². The molecule has 0 aliphatic carbocycles. The smallest absolute Gasteiger partial charge is 0.0431 e. The van der Waals surface area contributed by atoms with Gasteiger partial charge in [-0.3, -0.25) is 0 Å². The Balaban J connectivity index is 3.00. The molecule has 0 amide bonds. The van der Waals surface area contributed by atoms with E-state index in [0.717, 1.165) is 12.8 Å². The van der Waals surface area contributed by atoms with E-state index in [1.165, 1.54) is 193 Å². The molecular formula is C34H71NO2. The first kappa shape index (κ1) is 36.9. The maximum absolute atomic E-state index is 8.78. The summed E-state index contributed by atoms with van der Waals surface area (Å²) >= 11 is 0. The molecule has 0 heterocycles. The van der Waals surface area contributed by atoms with Crippen molar-refractivity contribution in [2.75, 3.05) is 26.3 Å². The molecule has 0 atom stereocenters. The third-order valence-electron chi connectivity index (χ3n) is 8.02. The van der Waals surface area contributed by atoms with E-state index in [1.54, 1.807) is 0 Å². The molecule has 0 spiro atoms. The summed E-state index contributed by atoms with van der Waals surface area (Å²) in [6.07, 6.45) is 41.1. The van der Waals surface area contributed by atoms with Gasteiger partial charge in [-0.25, -0.2) is 0 Å². The third-order valence-corrected chi connectivity index (χ3v) is 8.02. The molecule has 0 saturated heterocycles. The highest BCUT2D eigenvalue weighted by atomic mass is 16.3. The van der Waals surface area contributed by atoms with Gasteiger partial charge in [-0.2, -0.15) is 0 Å². The second kappa shape index (κ2) is 35.9. The molecule has 0 aromatic carbocycles. The molecule has 0 aromatic heterocycles. The van der Waals surface area contributed by atoms with Gasteiger partial charge in [0.15, 0.2) is 0 Å². The number of unbranched alkanes of at least 4 members (excludes halogenated alkanes) is 28. The summed E-state index contributed by atoms with van der Waals surface area (Å²) in [6, 6.07) is 0. The Hall–Kier alpha value is -0.120. The normalized spacial score (nSPS) is 11.5. The highest BCUT2D eigenvalue weighted by Crippen LogP contribution is 2.15. The van der Waals surface area contributed by atoms with Gasteiger partial charge in [0.2, 0.25) is 0 Å². The molecule has 0 bridgehead atoms. The summed E-state index contributed by atoms with van der Waals surface area (Å²) in [6.45, 7) is 3.17. The second-order valence-corrected chi connectivity index (χ2v) is 11.8. The lowest BCUT2D eigenvalue weighted by molar-refractivity contribution is 0.282. The van der Waals surface area contributed by atoms with Crippen molar-refractivity contribution in [2.45, 2.75) is 193 Å². The van der Waals surface area contributed by atoms with Crippen LogP contribution in [-0.2, 0) is 0 Å². The highest BCUT2D eigenvalue weighted by molar-refractivity contribution is 4.54. The number of aliphatic hydroxyl groups excluding tert-OH is 2. The van der Waals surface area contributed by atoms with E-state index < -0.39 is 0 Å². The number of rotatable bonds is 34. The van der Waals surface area contributed by atoms with Gasteiger partial charge in [-0.15, -0.1) is 0 Å². The van der Waals surface area contributed by atoms with E-state index in [2.05, 4.69) is 5.32 Å². The lowest BCUT2D eigenvalue weighted by Gasteiger charge is -2.06. The largest absolute Gasteiger partial charge is 0.396 e. The summed E-state index contributed by atoms with van der Waals surface area (Å²) in [5.74, 6) is 0. The van der Waals surface area contributed by atoms with Crippen LogP contribution in [0.2, 0.25) is 0 Å². The fourth-order valence-corrected chi connectivity index (χ4v) is 5.44. The van der Waals surface area contributed by atoms with Crippen LogP contribution < -0.4 is 5.32 Å². The molecule has 3 N–H and O–H groups in total. The zero-order valence-corrected chi connectivity index (χ0v) is 25.4. The summed E-state index contributed by atoms with van der Waals surface area (Å²) in [5, 5.41) is 21.2. The molecule has 3 nitrogen and oxygen atoms in total. The van der Waals surface area contributed by atoms with E-state index in [4.69, 9.17) is 10.2 Å². The molecule has 0 fully saturated rings. The molecule has 3 heteroatoms. The summed E-state index contributed by atoms with van der Waals surface area (Å²) < 4.78 is 0. The number of hydrogen-bond acceptors (Lipinski definition) is 3. The van der Waals surface area contributed by atoms with Gasteiger partial charge in [0.25, 0.3) is 0 Å². The van der Waals surface area contributed by atoms with Gasteiger partial charge < -0.3 is 15.5 Å². The predicted octanol–water partition coefficient (Wildman–Crippen LogP) is 10.3. The SMILES string of the molecule is OCCCCCCCCCCCCCCCCCCCCCCNCCCCCCCCCCCCO. The van der Waals surface area contributed by atoms with Crippen molar-refractivity contribution in [1.82, 2.24) is 5.32 Å². The van der Waals surface area contributed by atoms with Crippen LogP contribution in [0.15, 0.2) is 0 Å². The maximum atomic E-state index is 8.78. The van der Waals surface area contributed by atoms with Crippen molar-refractivity contribution in [3.63, 3.8) is 0 Å². The Bertz CT molecular complexity index is 343. The van der Waals surface area contributed by atoms with Crippen molar-refractivity contribution in [3.05, 3.63) is 0 Å². The van der Waals surface area contributed by atoms with Crippen LogP contribution in [0.4, 0.5) is 0 Å². The standard InChI is InChI=1S/C34H71NO2/c36-33-29-25-21-17-13-10-8-6-4-2-1-3-5-7-9-11-15-19-23-27-31-35-32-28-24-20-16-12-14-18-22-26-30-34-37/h35-37H,1-34H2. The minimum Gasteiger partial charge on any atom is -0.396 e. The van der Waals surface area contributed by atoms with Gasteiger partial charge in [-0.1, -0.05) is 167 Å². The van der Waals surface area contributed by atoms with E-state index >= 15 is 0 Å². The molecule has 37 heavy (non-hydrogen) atoms. The lowest BCUT2D eigenvalue weighted by atomic mass is 10.0. The van der Waals surface area contributed by atoms with Gasteiger partial charge in [-0.05, 0) is 38.8 Å². The summed E-state index contributed by atoms with van der Waals surface area (Å²) in [7, 11) is 0. The van der Waals surface area contributed by atoms with Crippen molar-refractivity contribution >= 4 is 0 Å². The number of aliphatic hydroxyl groups is 2. The van der Waals surface area contributed by atoms with Crippen molar-refractivity contribution < 1.29 is 10.2 Å². The van der Waals surface area contributed by atoms with Crippen LogP contribution >= 0.6 is 0 Å². The topological polar surface area (TPSA) is 52.5 Å². The Kier molecular flexibility index (Phi) is 35.8. The highest BCUT2D eigenvalue weighted by Gasteiger charge is 1.97. The van der Waals surface area contributed by atoms with Gasteiger partial charge in [0, 0.05) is 13.2 Å². The minimum atomic E-state index is 0.366. The Morgan fingerprint density at radius 3 is 0.568 bits per heavy atom. The van der Waals surface area contributed by atoms with Crippen LogP contribution in [0.5, 0.6) is 0 Å². The molecule has 0 aliphatic heterocycles. The zero-order chi connectivity index (χ0) is 26.7. The lowest BCUT2D eigenvalue weighted by Crippen LogP contribution is -2.16. The molecule has 0 aliphatic rings. The molecule has 0 aromatic rings. The Labute approximate surface area is 234 Å². The molecule has 0 radical (unpaired) electrons. The van der Waals surface area contributed by atoms with Crippen LogP contribution in [0, 0.1) is 0 Å². The molecule has 0 saturated carbocycles. The fraction of sp³-hybridized carbons (Fsp3) is 1.00. The van der Waals surface area contributed by atoms with Crippen molar-refractivity contribution in [2.24, 2.45) is 0 Å². The first-order valence-corrected chi connectivity index (χ1v) is 17.3. The molecule has 224 valence electrons. The molecule has 0 rings (SSSR count).